The smallest absolute Gasteiger partial charge is 0.227 e. The molecule has 0 aromatic carbocycles. The molecule has 0 saturated heterocycles. The summed E-state index contributed by atoms with van der Waals surface area (Å²) in [4.78, 5) is 21.8. The average molecular weight is 241 g/mol. The van der Waals surface area contributed by atoms with E-state index in [0.717, 1.165) is 6.42 Å². The van der Waals surface area contributed by atoms with Gasteiger partial charge in [0.25, 0.3) is 0 Å². The minimum absolute atomic E-state index is 0.0248. The summed E-state index contributed by atoms with van der Waals surface area (Å²) in [5.74, 6) is -0.209. The van der Waals surface area contributed by atoms with Crippen molar-refractivity contribution < 1.29 is 9.59 Å². The topological polar surface area (TPSA) is 46.2 Å². The standard InChI is InChI=1S/C14H27NO2/c1-3-4-5-6-7-8-9-10-11-15-14(17)12-13(2)16/h3-12H2,1-2H3,(H,15,17). The number of hydrogen-bond acceptors (Lipinski definition) is 2. The minimum atomic E-state index is -0.138. The van der Waals surface area contributed by atoms with Crippen molar-refractivity contribution in [3.63, 3.8) is 0 Å². The van der Waals surface area contributed by atoms with Gasteiger partial charge >= 0.3 is 0 Å². The van der Waals surface area contributed by atoms with Crippen LogP contribution in [0.5, 0.6) is 0 Å². The van der Waals surface area contributed by atoms with Crippen molar-refractivity contribution in [2.75, 3.05) is 6.54 Å². The lowest BCUT2D eigenvalue weighted by atomic mass is 10.1. The number of amides is 1. The van der Waals surface area contributed by atoms with E-state index in [-0.39, 0.29) is 18.1 Å². The zero-order valence-corrected chi connectivity index (χ0v) is 11.4. The molecule has 0 aliphatic heterocycles. The van der Waals surface area contributed by atoms with Gasteiger partial charge in [-0.25, -0.2) is 0 Å². The number of nitrogens with one attached hydrogen (secondary N) is 1. The van der Waals surface area contributed by atoms with Gasteiger partial charge in [0, 0.05) is 6.54 Å². The van der Waals surface area contributed by atoms with Crippen LogP contribution in [0.1, 0.15) is 71.6 Å². The van der Waals surface area contributed by atoms with E-state index in [1.165, 1.54) is 51.9 Å². The molecule has 100 valence electrons. The molecule has 0 aliphatic carbocycles. The summed E-state index contributed by atoms with van der Waals surface area (Å²) in [5, 5.41) is 2.77. The number of carbonyl (C=O) groups is 2. The Morgan fingerprint density at radius 1 is 0.882 bits per heavy atom. The van der Waals surface area contributed by atoms with E-state index in [2.05, 4.69) is 12.2 Å². The predicted molar refractivity (Wildman–Crippen MR) is 70.9 cm³/mol. The van der Waals surface area contributed by atoms with E-state index >= 15 is 0 Å². The van der Waals surface area contributed by atoms with Gasteiger partial charge in [0.2, 0.25) is 5.91 Å². The molecule has 0 aromatic rings. The van der Waals surface area contributed by atoms with Crippen LogP contribution in [0, 0.1) is 0 Å². The molecule has 3 nitrogen and oxygen atoms in total. The van der Waals surface area contributed by atoms with Gasteiger partial charge in [-0.15, -0.1) is 0 Å². The molecule has 0 aliphatic rings. The summed E-state index contributed by atoms with van der Waals surface area (Å²) in [6, 6.07) is 0. The van der Waals surface area contributed by atoms with Gasteiger partial charge in [-0.1, -0.05) is 51.9 Å². The number of unbranched alkanes of at least 4 members (excludes halogenated alkanes) is 7. The number of ketones is 1. The molecule has 0 unspecified atom stereocenters. The highest BCUT2D eigenvalue weighted by molar-refractivity contribution is 5.96. The molecule has 0 atom stereocenters. The van der Waals surface area contributed by atoms with Crippen LogP contribution >= 0.6 is 0 Å². The number of carbonyl (C=O) groups excluding carboxylic acids is 2. The average Bonchev–Trinajstić information content (AvgIpc) is 2.26. The molecule has 0 spiro atoms. The van der Waals surface area contributed by atoms with E-state index in [1.54, 1.807) is 0 Å². The Hall–Kier alpha value is -0.860. The predicted octanol–water partition coefficient (Wildman–Crippen LogP) is 3.22. The summed E-state index contributed by atoms with van der Waals surface area (Å²) in [5.41, 5.74) is 0. The van der Waals surface area contributed by atoms with Crippen LogP contribution in [0.2, 0.25) is 0 Å². The number of rotatable bonds is 11. The third-order valence-corrected chi connectivity index (χ3v) is 2.76. The normalized spacial score (nSPS) is 10.2. The largest absolute Gasteiger partial charge is 0.356 e. The van der Waals surface area contributed by atoms with Crippen LogP contribution in [0.15, 0.2) is 0 Å². The zero-order chi connectivity index (χ0) is 12.9. The molecular formula is C14H27NO2. The van der Waals surface area contributed by atoms with Gasteiger partial charge in [-0.05, 0) is 13.3 Å². The highest BCUT2D eigenvalue weighted by Crippen LogP contribution is 2.07. The third-order valence-electron chi connectivity index (χ3n) is 2.76. The lowest BCUT2D eigenvalue weighted by Gasteiger charge is -2.04. The summed E-state index contributed by atoms with van der Waals surface area (Å²) in [6.45, 7) is 4.38. The Labute approximate surface area is 105 Å². The minimum Gasteiger partial charge on any atom is -0.356 e. The molecule has 1 amide bonds. The second-order valence-electron chi connectivity index (χ2n) is 4.70. The van der Waals surface area contributed by atoms with Crippen LogP contribution in [0.4, 0.5) is 0 Å². The van der Waals surface area contributed by atoms with Crippen molar-refractivity contribution >= 4 is 11.7 Å². The quantitative estimate of drug-likeness (QED) is 0.446. The fourth-order valence-electron chi connectivity index (χ4n) is 1.78. The Morgan fingerprint density at radius 2 is 1.41 bits per heavy atom. The molecule has 1 N–H and O–H groups in total. The Morgan fingerprint density at radius 3 is 1.94 bits per heavy atom. The first-order valence-corrected chi connectivity index (χ1v) is 6.93. The van der Waals surface area contributed by atoms with Crippen LogP contribution in [0.3, 0.4) is 0 Å². The Balaban J connectivity index is 3.13. The number of Topliss-reactive ketones (excluding diaryl/α,β-unsaturated/α-hetero) is 1. The monoisotopic (exact) mass is 241 g/mol. The summed E-state index contributed by atoms with van der Waals surface area (Å²) in [7, 11) is 0. The van der Waals surface area contributed by atoms with E-state index in [9.17, 15) is 9.59 Å². The first-order chi connectivity index (χ1) is 8.16. The van der Waals surface area contributed by atoms with Crippen molar-refractivity contribution in [3.05, 3.63) is 0 Å². The first-order valence-electron chi connectivity index (χ1n) is 6.93. The third kappa shape index (κ3) is 13.1. The van der Waals surface area contributed by atoms with Gasteiger partial charge in [-0.3, -0.25) is 9.59 Å². The molecule has 0 aromatic heterocycles. The van der Waals surface area contributed by atoms with Crippen LogP contribution in [-0.2, 0) is 9.59 Å². The van der Waals surface area contributed by atoms with E-state index in [0.29, 0.717) is 6.54 Å². The second-order valence-corrected chi connectivity index (χ2v) is 4.70. The van der Waals surface area contributed by atoms with Gasteiger partial charge in [-0.2, -0.15) is 0 Å². The molecule has 3 heteroatoms. The molecule has 17 heavy (non-hydrogen) atoms. The molecule has 0 heterocycles. The van der Waals surface area contributed by atoms with Gasteiger partial charge < -0.3 is 5.32 Å². The van der Waals surface area contributed by atoms with Crippen molar-refractivity contribution in [2.45, 2.75) is 71.6 Å². The van der Waals surface area contributed by atoms with E-state index in [4.69, 9.17) is 0 Å². The van der Waals surface area contributed by atoms with E-state index in [1.807, 2.05) is 0 Å². The van der Waals surface area contributed by atoms with Gasteiger partial charge in [0.1, 0.15) is 5.78 Å². The maximum Gasteiger partial charge on any atom is 0.227 e. The fraction of sp³-hybridized carbons (Fsp3) is 0.857. The fourth-order valence-corrected chi connectivity index (χ4v) is 1.78. The molecule has 0 rings (SSSR count). The molecular weight excluding hydrogens is 214 g/mol. The van der Waals surface area contributed by atoms with Crippen molar-refractivity contribution in [1.29, 1.82) is 0 Å². The highest BCUT2D eigenvalue weighted by atomic mass is 16.2. The maximum absolute atomic E-state index is 11.1. The van der Waals surface area contributed by atoms with Gasteiger partial charge in [0.15, 0.2) is 0 Å². The van der Waals surface area contributed by atoms with E-state index < -0.39 is 0 Å². The first kappa shape index (κ1) is 16.1. The molecule has 0 fully saturated rings. The van der Waals surface area contributed by atoms with Crippen molar-refractivity contribution in [2.24, 2.45) is 0 Å². The lowest BCUT2D eigenvalue weighted by Crippen LogP contribution is -2.25. The summed E-state index contributed by atoms with van der Waals surface area (Å²) >= 11 is 0. The van der Waals surface area contributed by atoms with Gasteiger partial charge in [0.05, 0.1) is 6.42 Å². The van der Waals surface area contributed by atoms with Crippen LogP contribution in [-0.4, -0.2) is 18.2 Å². The highest BCUT2D eigenvalue weighted by Gasteiger charge is 2.02. The van der Waals surface area contributed by atoms with Crippen LogP contribution < -0.4 is 5.32 Å². The molecule has 0 radical (unpaired) electrons. The summed E-state index contributed by atoms with van der Waals surface area (Å²) in [6.07, 6.45) is 10.1. The van der Waals surface area contributed by atoms with Crippen LogP contribution in [0.25, 0.3) is 0 Å². The Bertz CT molecular complexity index is 214. The Kier molecular flexibility index (Phi) is 11.0. The molecule has 0 bridgehead atoms. The second kappa shape index (κ2) is 11.6. The lowest BCUT2D eigenvalue weighted by molar-refractivity contribution is -0.127. The summed E-state index contributed by atoms with van der Waals surface area (Å²) < 4.78 is 0. The SMILES string of the molecule is CCCCCCCCCCNC(=O)CC(C)=O. The van der Waals surface area contributed by atoms with Crippen molar-refractivity contribution in [1.82, 2.24) is 5.32 Å². The maximum atomic E-state index is 11.1. The van der Waals surface area contributed by atoms with Crippen molar-refractivity contribution in [3.8, 4) is 0 Å². The number of hydrogen-bond donors (Lipinski definition) is 1. The molecule has 0 saturated carbocycles. The zero-order valence-electron chi connectivity index (χ0n) is 11.4.